The number of hydrogen-bond acceptors (Lipinski definition) is 3. The van der Waals surface area contributed by atoms with Crippen molar-refractivity contribution in [3.05, 3.63) is 71.4 Å². The average Bonchev–Trinajstić information content (AvgIpc) is 3.11. The lowest BCUT2D eigenvalue weighted by molar-refractivity contribution is 0.0929. The molecule has 0 atom stereocenters. The summed E-state index contributed by atoms with van der Waals surface area (Å²) in [4.78, 5) is 27.3. The second-order valence-electron chi connectivity index (χ2n) is 6.03. The third kappa shape index (κ3) is 5.99. The van der Waals surface area contributed by atoms with Gasteiger partial charge < -0.3 is 10.3 Å². The summed E-state index contributed by atoms with van der Waals surface area (Å²) in [7, 11) is 0. The Morgan fingerprint density at radius 1 is 0.964 bits per heavy atom. The van der Waals surface area contributed by atoms with E-state index < -0.39 is 0 Å². The van der Waals surface area contributed by atoms with Crippen molar-refractivity contribution in [3.63, 3.8) is 0 Å². The van der Waals surface area contributed by atoms with E-state index in [0.29, 0.717) is 17.8 Å². The normalized spacial score (nSPS) is 9.89. The Balaban J connectivity index is 0.00000196. The number of hydrazine groups is 1. The molecule has 28 heavy (non-hydrogen) atoms. The van der Waals surface area contributed by atoms with Crippen molar-refractivity contribution in [1.29, 1.82) is 0 Å². The SMILES string of the molecule is CCCNNC(=O)c1ccc(CNC(=O)c2cc3ccccc3[nH]2)cc1.Cl.Cl. The fraction of sp³-hybridized carbons (Fsp3) is 0.200. The zero-order valence-electron chi connectivity index (χ0n) is 15.5. The number of carbonyl (C=O) groups is 2. The second kappa shape index (κ2) is 11.3. The van der Waals surface area contributed by atoms with Gasteiger partial charge in [0.2, 0.25) is 0 Å². The first-order chi connectivity index (χ1) is 12.7. The highest BCUT2D eigenvalue weighted by Crippen LogP contribution is 2.14. The largest absolute Gasteiger partial charge is 0.351 e. The van der Waals surface area contributed by atoms with Crippen LogP contribution in [0.2, 0.25) is 0 Å². The van der Waals surface area contributed by atoms with Gasteiger partial charge in [-0.15, -0.1) is 24.8 Å². The molecular weight excluding hydrogens is 399 g/mol. The van der Waals surface area contributed by atoms with Crippen molar-refractivity contribution in [3.8, 4) is 0 Å². The number of amides is 2. The van der Waals surface area contributed by atoms with Crippen LogP contribution in [0, 0.1) is 0 Å². The molecule has 0 saturated heterocycles. The van der Waals surface area contributed by atoms with Gasteiger partial charge in [0.05, 0.1) is 0 Å². The van der Waals surface area contributed by atoms with Crippen molar-refractivity contribution in [2.75, 3.05) is 6.54 Å². The molecule has 0 fully saturated rings. The van der Waals surface area contributed by atoms with Gasteiger partial charge in [-0.25, -0.2) is 5.43 Å². The van der Waals surface area contributed by atoms with E-state index in [1.165, 1.54) is 0 Å². The summed E-state index contributed by atoms with van der Waals surface area (Å²) in [5, 5.41) is 3.89. The van der Waals surface area contributed by atoms with Gasteiger partial charge in [-0.3, -0.25) is 15.0 Å². The highest BCUT2D eigenvalue weighted by atomic mass is 35.5. The van der Waals surface area contributed by atoms with Crippen molar-refractivity contribution in [2.24, 2.45) is 0 Å². The van der Waals surface area contributed by atoms with E-state index in [0.717, 1.165) is 29.4 Å². The van der Waals surface area contributed by atoms with Crippen LogP contribution >= 0.6 is 24.8 Å². The van der Waals surface area contributed by atoms with Crippen molar-refractivity contribution >= 4 is 47.5 Å². The first-order valence-electron chi connectivity index (χ1n) is 8.65. The molecular formula is C20H24Cl2N4O2. The molecule has 3 aromatic rings. The lowest BCUT2D eigenvalue weighted by atomic mass is 10.1. The molecule has 0 unspecified atom stereocenters. The van der Waals surface area contributed by atoms with Gasteiger partial charge in [0.1, 0.15) is 5.69 Å². The topological polar surface area (TPSA) is 86.0 Å². The predicted octanol–water partition coefficient (Wildman–Crippen LogP) is 3.59. The number of aromatic nitrogens is 1. The van der Waals surface area contributed by atoms with Crippen LogP contribution in [0.25, 0.3) is 10.9 Å². The van der Waals surface area contributed by atoms with Crippen LogP contribution in [0.15, 0.2) is 54.6 Å². The van der Waals surface area contributed by atoms with Crippen LogP contribution in [0.3, 0.4) is 0 Å². The van der Waals surface area contributed by atoms with Crippen molar-refractivity contribution in [1.82, 2.24) is 21.2 Å². The number of fused-ring (bicyclic) bond motifs is 1. The number of hydrogen-bond donors (Lipinski definition) is 4. The number of H-pyrrole nitrogens is 1. The maximum Gasteiger partial charge on any atom is 0.267 e. The fourth-order valence-electron chi connectivity index (χ4n) is 2.59. The lowest BCUT2D eigenvalue weighted by Gasteiger charge is -2.07. The van der Waals surface area contributed by atoms with Crippen LogP contribution in [-0.2, 0) is 6.54 Å². The molecule has 0 spiro atoms. The molecule has 4 N–H and O–H groups in total. The Bertz CT molecular complexity index is 877. The maximum atomic E-state index is 12.3. The third-order valence-corrected chi connectivity index (χ3v) is 4.02. The zero-order chi connectivity index (χ0) is 18.4. The summed E-state index contributed by atoms with van der Waals surface area (Å²) in [5.74, 6) is -0.334. The van der Waals surface area contributed by atoms with Crippen LogP contribution in [0.1, 0.15) is 39.8 Å². The molecule has 0 aliphatic heterocycles. The van der Waals surface area contributed by atoms with Gasteiger partial charge in [-0.1, -0.05) is 37.3 Å². The first-order valence-corrected chi connectivity index (χ1v) is 8.65. The van der Waals surface area contributed by atoms with Gasteiger partial charge in [-0.2, -0.15) is 0 Å². The molecule has 6 nitrogen and oxygen atoms in total. The smallest absolute Gasteiger partial charge is 0.267 e. The minimum absolute atomic E-state index is 0. The van der Waals surface area contributed by atoms with Crippen LogP contribution in [-0.4, -0.2) is 23.3 Å². The van der Waals surface area contributed by atoms with Crippen molar-refractivity contribution in [2.45, 2.75) is 19.9 Å². The summed E-state index contributed by atoms with van der Waals surface area (Å²) in [5.41, 5.74) is 8.46. The van der Waals surface area contributed by atoms with Crippen molar-refractivity contribution < 1.29 is 9.59 Å². The number of benzene rings is 2. The Labute approximate surface area is 176 Å². The molecule has 150 valence electrons. The molecule has 1 heterocycles. The van der Waals surface area contributed by atoms with E-state index in [1.807, 2.05) is 49.4 Å². The first kappa shape index (κ1) is 23.5. The van der Waals surface area contributed by atoms with Crippen LogP contribution in [0.5, 0.6) is 0 Å². The van der Waals surface area contributed by atoms with E-state index >= 15 is 0 Å². The second-order valence-corrected chi connectivity index (χ2v) is 6.03. The number of carbonyl (C=O) groups excluding carboxylic acids is 2. The van der Waals surface area contributed by atoms with Gasteiger partial charge in [-0.05, 0) is 36.2 Å². The van der Waals surface area contributed by atoms with E-state index in [-0.39, 0.29) is 36.6 Å². The summed E-state index contributed by atoms with van der Waals surface area (Å²) in [6, 6.07) is 16.7. The number of para-hydroxylation sites is 1. The predicted molar refractivity (Wildman–Crippen MR) is 116 cm³/mol. The molecule has 0 aliphatic carbocycles. The fourth-order valence-corrected chi connectivity index (χ4v) is 2.59. The summed E-state index contributed by atoms with van der Waals surface area (Å²) in [6.45, 7) is 3.14. The number of nitrogens with one attached hydrogen (secondary N) is 4. The van der Waals surface area contributed by atoms with Gasteiger partial charge >= 0.3 is 0 Å². The third-order valence-electron chi connectivity index (χ3n) is 4.02. The van der Waals surface area contributed by atoms with E-state index in [2.05, 4.69) is 21.2 Å². The molecule has 0 saturated carbocycles. The highest BCUT2D eigenvalue weighted by Gasteiger charge is 2.09. The molecule has 2 amide bonds. The quantitative estimate of drug-likeness (QED) is 0.346. The van der Waals surface area contributed by atoms with E-state index in [1.54, 1.807) is 12.1 Å². The Kier molecular flexibility index (Phi) is 9.51. The minimum atomic E-state index is -0.174. The lowest BCUT2D eigenvalue weighted by Crippen LogP contribution is -2.37. The Hall–Kier alpha value is -2.54. The van der Waals surface area contributed by atoms with Gasteiger partial charge in [0.15, 0.2) is 0 Å². The Morgan fingerprint density at radius 2 is 1.68 bits per heavy atom. The molecule has 0 aliphatic rings. The Morgan fingerprint density at radius 3 is 2.36 bits per heavy atom. The molecule has 0 radical (unpaired) electrons. The standard InChI is InChI=1S/C20H22N4O2.2ClH/c1-2-11-22-24-19(25)15-9-7-14(8-10-15)13-21-20(26)18-12-16-5-3-4-6-17(16)23-18;;/h3-10,12,22-23H,2,11,13H2,1H3,(H,21,26)(H,24,25);2*1H. The van der Waals surface area contributed by atoms with Gasteiger partial charge in [0.25, 0.3) is 11.8 Å². The van der Waals surface area contributed by atoms with Crippen LogP contribution < -0.4 is 16.2 Å². The van der Waals surface area contributed by atoms with E-state index in [9.17, 15) is 9.59 Å². The maximum absolute atomic E-state index is 12.3. The number of halogens is 2. The molecule has 3 rings (SSSR count). The average molecular weight is 423 g/mol. The number of rotatable bonds is 7. The monoisotopic (exact) mass is 422 g/mol. The summed E-state index contributed by atoms with van der Waals surface area (Å²) >= 11 is 0. The summed E-state index contributed by atoms with van der Waals surface area (Å²) in [6.07, 6.45) is 0.940. The zero-order valence-corrected chi connectivity index (χ0v) is 17.1. The van der Waals surface area contributed by atoms with Crippen LogP contribution in [0.4, 0.5) is 0 Å². The highest BCUT2D eigenvalue weighted by molar-refractivity contribution is 5.98. The van der Waals surface area contributed by atoms with E-state index in [4.69, 9.17) is 0 Å². The minimum Gasteiger partial charge on any atom is -0.351 e. The molecule has 8 heteroatoms. The molecule has 1 aromatic heterocycles. The number of aromatic amines is 1. The molecule has 0 bridgehead atoms. The molecule has 2 aromatic carbocycles. The summed E-state index contributed by atoms with van der Waals surface area (Å²) < 4.78 is 0. The van der Waals surface area contributed by atoms with Gasteiger partial charge in [0, 0.05) is 29.6 Å².